The first-order valence-electron chi connectivity index (χ1n) is 6.68. The molecule has 1 aromatic rings. The maximum absolute atomic E-state index is 13.1. The lowest BCUT2D eigenvalue weighted by Gasteiger charge is -2.27. The van der Waals surface area contributed by atoms with Crippen LogP contribution in [-0.4, -0.2) is 44.7 Å². The Morgan fingerprint density at radius 1 is 1.25 bits per heavy atom. The Labute approximate surface area is 116 Å². The summed E-state index contributed by atoms with van der Waals surface area (Å²) in [5.74, 6) is 0.239. The monoisotopic (exact) mass is 288 g/mol. The molecule has 2 rings (SSSR count). The minimum Gasteiger partial charge on any atom is -0.497 e. The van der Waals surface area contributed by atoms with Gasteiger partial charge in [-0.15, -0.1) is 0 Å². The average molecular weight is 288 g/mol. The summed E-state index contributed by atoms with van der Waals surface area (Å²) in [5.41, 5.74) is -0.260. The molecule has 0 aromatic heterocycles. The molecule has 1 aromatic carbocycles. The van der Waals surface area contributed by atoms with Gasteiger partial charge in [0.05, 0.1) is 12.7 Å². The fourth-order valence-corrected chi connectivity index (χ4v) is 2.38. The summed E-state index contributed by atoms with van der Waals surface area (Å²) >= 11 is 0. The molecule has 1 aliphatic rings. The van der Waals surface area contributed by atoms with E-state index in [4.69, 9.17) is 4.74 Å². The molecule has 0 amide bonds. The third-order valence-electron chi connectivity index (χ3n) is 3.53. The Morgan fingerprint density at radius 2 is 1.95 bits per heavy atom. The van der Waals surface area contributed by atoms with Gasteiger partial charge in [0.25, 0.3) is 0 Å². The molecular formula is C14H19F3N2O. The van der Waals surface area contributed by atoms with Crippen LogP contribution in [0.1, 0.15) is 11.1 Å². The number of ether oxygens (including phenoxy) is 1. The highest BCUT2D eigenvalue weighted by molar-refractivity contribution is 5.37. The number of alkyl halides is 3. The summed E-state index contributed by atoms with van der Waals surface area (Å²) in [6.07, 6.45) is -3.94. The third kappa shape index (κ3) is 3.86. The summed E-state index contributed by atoms with van der Waals surface area (Å²) < 4.78 is 44.0. The quantitative estimate of drug-likeness (QED) is 0.919. The van der Waals surface area contributed by atoms with Gasteiger partial charge in [-0.25, -0.2) is 0 Å². The Balaban J connectivity index is 2.09. The van der Waals surface area contributed by atoms with E-state index in [1.165, 1.54) is 13.2 Å². The molecule has 1 aliphatic heterocycles. The molecule has 1 heterocycles. The minimum absolute atomic E-state index is 0.239. The molecule has 0 atom stereocenters. The second kappa shape index (κ2) is 6.45. The van der Waals surface area contributed by atoms with Gasteiger partial charge in [0, 0.05) is 32.7 Å². The van der Waals surface area contributed by atoms with Crippen LogP contribution < -0.4 is 10.1 Å². The Hall–Kier alpha value is -1.27. The zero-order valence-electron chi connectivity index (χ0n) is 11.5. The van der Waals surface area contributed by atoms with E-state index in [1.54, 1.807) is 6.07 Å². The molecule has 0 aliphatic carbocycles. The lowest BCUT2D eigenvalue weighted by molar-refractivity contribution is -0.138. The van der Waals surface area contributed by atoms with Crippen LogP contribution in [-0.2, 0) is 12.6 Å². The SMILES string of the molecule is COc1ccc(CCN2CCNCC2)c(C(F)(F)F)c1. The predicted octanol–water partition coefficient (Wildman–Crippen LogP) is 2.16. The molecule has 1 saturated heterocycles. The highest BCUT2D eigenvalue weighted by Crippen LogP contribution is 2.34. The summed E-state index contributed by atoms with van der Waals surface area (Å²) in [5, 5.41) is 3.23. The predicted molar refractivity (Wildman–Crippen MR) is 71.0 cm³/mol. The number of hydrogen-bond acceptors (Lipinski definition) is 3. The molecule has 0 saturated carbocycles. The van der Waals surface area contributed by atoms with Gasteiger partial charge in [-0.2, -0.15) is 13.2 Å². The summed E-state index contributed by atoms with van der Waals surface area (Å²) in [6.45, 7) is 4.22. The normalized spacial score (nSPS) is 17.2. The fourth-order valence-electron chi connectivity index (χ4n) is 2.38. The highest BCUT2D eigenvalue weighted by atomic mass is 19.4. The smallest absolute Gasteiger partial charge is 0.416 e. The van der Waals surface area contributed by atoms with Gasteiger partial charge in [-0.1, -0.05) is 6.07 Å². The minimum atomic E-state index is -4.34. The Kier molecular flexibility index (Phi) is 4.88. The van der Waals surface area contributed by atoms with E-state index in [2.05, 4.69) is 10.2 Å². The van der Waals surface area contributed by atoms with Crippen molar-refractivity contribution >= 4 is 0 Å². The first kappa shape index (κ1) is 15.1. The number of benzene rings is 1. The van der Waals surface area contributed by atoms with E-state index >= 15 is 0 Å². The zero-order chi connectivity index (χ0) is 14.6. The van der Waals surface area contributed by atoms with Gasteiger partial charge < -0.3 is 15.0 Å². The number of rotatable bonds is 4. The standard InChI is InChI=1S/C14H19F3N2O/c1-20-12-3-2-11(13(10-12)14(15,16)17)4-7-19-8-5-18-6-9-19/h2-3,10,18H,4-9H2,1H3. The van der Waals surface area contributed by atoms with Crippen molar-refractivity contribution in [2.24, 2.45) is 0 Å². The van der Waals surface area contributed by atoms with E-state index in [9.17, 15) is 13.2 Å². The molecular weight excluding hydrogens is 269 g/mol. The van der Waals surface area contributed by atoms with Gasteiger partial charge in [-0.05, 0) is 24.1 Å². The Bertz CT molecular complexity index is 443. The van der Waals surface area contributed by atoms with Gasteiger partial charge in [0.15, 0.2) is 0 Å². The molecule has 6 heteroatoms. The molecule has 3 nitrogen and oxygen atoms in total. The van der Waals surface area contributed by atoms with Crippen LogP contribution in [0.15, 0.2) is 18.2 Å². The number of nitrogens with one attached hydrogen (secondary N) is 1. The van der Waals surface area contributed by atoms with Crippen molar-refractivity contribution in [3.05, 3.63) is 29.3 Å². The van der Waals surface area contributed by atoms with Gasteiger partial charge in [0.2, 0.25) is 0 Å². The first-order chi connectivity index (χ1) is 9.50. The second-order valence-electron chi connectivity index (χ2n) is 4.86. The van der Waals surface area contributed by atoms with Gasteiger partial charge in [-0.3, -0.25) is 0 Å². The number of piperazine rings is 1. The first-order valence-corrected chi connectivity index (χ1v) is 6.68. The van der Waals surface area contributed by atoms with Crippen molar-refractivity contribution in [2.75, 3.05) is 39.8 Å². The molecule has 112 valence electrons. The average Bonchev–Trinajstić information content (AvgIpc) is 2.45. The molecule has 20 heavy (non-hydrogen) atoms. The van der Waals surface area contributed by atoms with E-state index in [0.29, 0.717) is 18.5 Å². The molecule has 1 N–H and O–H groups in total. The van der Waals surface area contributed by atoms with Crippen LogP contribution in [0.3, 0.4) is 0 Å². The third-order valence-corrected chi connectivity index (χ3v) is 3.53. The van der Waals surface area contributed by atoms with Gasteiger partial charge >= 0.3 is 6.18 Å². The molecule has 0 spiro atoms. The van der Waals surface area contributed by atoms with Gasteiger partial charge in [0.1, 0.15) is 5.75 Å². The number of halogens is 3. The lowest BCUT2D eigenvalue weighted by atomic mass is 10.0. The summed E-state index contributed by atoms with van der Waals surface area (Å²) in [4.78, 5) is 2.18. The second-order valence-corrected chi connectivity index (χ2v) is 4.86. The summed E-state index contributed by atoms with van der Waals surface area (Å²) in [7, 11) is 1.37. The molecule has 0 radical (unpaired) electrons. The maximum Gasteiger partial charge on any atom is 0.416 e. The highest BCUT2D eigenvalue weighted by Gasteiger charge is 2.33. The molecule has 0 bridgehead atoms. The van der Waals surface area contributed by atoms with Crippen molar-refractivity contribution in [2.45, 2.75) is 12.6 Å². The lowest BCUT2D eigenvalue weighted by Crippen LogP contribution is -2.44. The van der Waals surface area contributed by atoms with E-state index in [0.717, 1.165) is 32.2 Å². The zero-order valence-corrected chi connectivity index (χ0v) is 11.5. The van der Waals surface area contributed by atoms with Crippen LogP contribution in [0.2, 0.25) is 0 Å². The van der Waals surface area contributed by atoms with Crippen molar-refractivity contribution in [1.82, 2.24) is 10.2 Å². The fraction of sp³-hybridized carbons (Fsp3) is 0.571. The Morgan fingerprint density at radius 3 is 2.55 bits per heavy atom. The van der Waals surface area contributed by atoms with Crippen molar-refractivity contribution < 1.29 is 17.9 Å². The van der Waals surface area contributed by atoms with E-state index < -0.39 is 11.7 Å². The van der Waals surface area contributed by atoms with Crippen molar-refractivity contribution in [3.8, 4) is 5.75 Å². The van der Waals surface area contributed by atoms with E-state index in [1.807, 2.05) is 0 Å². The maximum atomic E-state index is 13.1. The van der Waals surface area contributed by atoms with E-state index in [-0.39, 0.29) is 5.75 Å². The topological polar surface area (TPSA) is 24.5 Å². The molecule has 0 unspecified atom stereocenters. The van der Waals surface area contributed by atoms with Crippen LogP contribution in [0, 0.1) is 0 Å². The number of nitrogens with zero attached hydrogens (tertiary/aromatic N) is 1. The van der Waals surface area contributed by atoms with Crippen LogP contribution in [0.5, 0.6) is 5.75 Å². The van der Waals surface area contributed by atoms with Crippen molar-refractivity contribution in [1.29, 1.82) is 0 Å². The largest absolute Gasteiger partial charge is 0.497 e. The number of hydrogen-bond donors (Lipinski definition) is 1. The van der Waals surface area contributed by atoms with Crippen molar-refractivity contribution in [3.63, 3.8) is 0 Å². The number of methoxy groups -OCH3 is 1. The van der Waals surface area contributed by atoms with Crippen LogP contribution in [0.4, 0.5) is 13.2 Å². The van der Waals surface area contributed by atoms with Crippen LogP contribution in [0.25, 0.3) is 0 Å². The van der Waals surface area contributed by atoms with Crippen LogP contribution >= 0.6 is 0 Å². The molecule has 1 fully saturated rings. The summed E-state index contributed by atoms with van der Waals surface area (Å²) in [6, 6.07) is 4.18.